The van der Waals surface area contributed by atoms with Crippen molar-refractivity contribution in [1.82, 2.24) is 9.36 Å². The molecule has 2 aromatic carbocycles. The summed E-state index contributed by atoms with van der Waals surface area (Å²) in [5, 5.41) is 0. The number of benzene rings is 2. The Morgan fingerprint density at radius 3 is 2.26 bits per heavy atom. The molecule has 1 saturated carbocycles. The molecule has 0 aliphatic heterocycles. The van der Waals surface area contributed by atoms with Crippen LogP contribution in [0.5, 0.6) is 0 Å². The van der Waals surface area contributed by atoms with Crippen LogP contribution < -0.4 is 5.56 Å². The third-order valence-corrected chi connectivity index (χ3v) is 7.45. The van der Waals surface area contributed by atoms with Crippen molar-refractivity contribution in [3.8, 4) is 5.69 Å². The summed E-state index contributed by atoms with van der Waals surface area (Å²) >= 11 is 0. The van der Waals surface area contributed by atoms with E-state index in [1.165, 1.54) is 11.3 Å². The largest absolute Gasteiger partial charge is 0.277 e. The van der Waals surface area contributed by atoms with Crippen LogP contribution in [0.4, 0.5) is 0 Å². The molecule has 2 atom stereocenters. The van der Waals surface area contributed by atoms with E-state index in [1.54, 1.807) is 0 Å². The number of hydrogen-bond acceptors (Lipinski definition) is 1. The summed E-state index contributed by atoms with van der Waals surface area (Å²) in [7, 11) is 0. The van der Waals surface area contributed by atoms with E-state index in [2.05, 4.69) is 49.7 Å². The number of fused-ring (bicyclic) bond motifs is 5. The van der Waals surface area contributed by atoms with Crippen LogP contribution in [0.2, 0.25) is 0 Å². The topological polar surface area (TPSA) is 26.9 Å². The molecule has 27 heavy (non-hydrogen) atoms. The molecule has 2 aliphatic rings. The molecule has 138 valence electrons. The van der Waals surface area contributed by atoms with Crippen LogP contribution in [0, 0.1) is 5.41 Å². The SMILES string of the molecule is CC12CCC(c3c1n(Cc1ccccc1)n(-c1ccccc1)c3=O)C2(C)C. The molecule has 0 amide bonds. The first kappa shape index (κ1) is 16.6. The van der Waals surface area contributed by atoms with Crippen molar-refractivity contribution in [3.63, 3.8) is 0 Å². The van der Waals surface area contributed by atoms with E-state index in [-0.39, 0.29) is 16.4 Å². The van der Waals surface area contributed by atoms with E-state index >= 15 is 0 Å². The zero-order valence-corrected chi connectivity index (χ0v) is 16.3. The summed E-state index contributed by atoms with van der Waals surface area (Å²) in [5.74, 6) is 0.358. The monoisotopic (exact) mass is 358 g/mol. The van der Waals surface area contributed by atoms with E-state index in [0.29, 0.717) is 5.92 Å². The Labute approximate surface area is 160 Å². The van der Waals surface area contributed by atoms with Crippen molar-refractivity contribution in [3.05, 3.63) is 87.8 Å². The molecular formula is C24H26N2O. The number of aromatic nitrogens is 2. The van der Waals surface area contributed by atoms with Crippen molar-refractivity contribution in [1.29, 1.82) is 0 Å². The highest BCUT2D eigenvalue weighted by molar-refractivity contribution is 5.47. The fourth-order valence-electron chi connectivity index (χ4n) is 5.62. The van der Waals surface area contributed by atoms with Gasteiger partial charge < -0.3 is 0 Å². The minimum absolute atomic E-state index is 0.0426. The van der Waals surface area contributed by atoms with Crippen LogP contribution in [-0.2, 0) is 12.0 Å². The average molecular weight is 358 g/mol. The van der Waals surface area contributed by atoms with Crippen molar-refractivity contribution >= 4 is 0 Å². The van der Waals surface area contributed by atoms with Crippen molar-refractivity contribution < 1.29 is 0 Å². The Bertz CT molecular complexity index is 1060. The van der Waals surface area contributed by atoms with Crippen LogP contribution in [0.1, 0.15) is 56.4 Å². The summed E-state index contributed by atoms with van der Waals surface area (Å²) < 4.78 is 4.19. The summed E-state index contributed by atoms with van der Waals surface area (Å²) in [5.41, 5.74) is 4.85. The molecule has 0 spiro atoms. The lowest BCUT2D eigenvalue weighted by Gasteiger charge is -2.36. The Morgan fingerprint density at radius 1 is 0.963 bits per heavy atom. The second-order valence-corrected chi connectivity index (χ2v) is 8.90. The van der Waals surface area contributed by atoms with Crippen molar-refractivity contribution in [2.24, 2.45) is 5.41 Å². The lowest BCUT2D eigenvalue weighted by molar-refractivity contribution is 0.216. The molecule has 5 rings (SSSR count). The maximum absolute atomic E-state index is 13.6. The lowest BCUT2D eigenvalue weighted by Crippen LogP contribution is -2.36. The Morgan fingerprint density at radius 2 is 1.59 bits per heavy atom. The fourth-order valence-corrected chi connectivity index (χ4v) is 5.62. The molecule has 3 nitrogen and oxygen atoms in total. The Hall–Kier alpha value is -2.55. The quantitative estimate of drug-likeness (QED) is 0.657. The number of rotatable bonds is 3. The minimum atomic E-state index is 0.0426. The lowest BCUT2D eigenvalue weighted by atomic mass is 9.70. The standard InChI is InChI=1S/C24H26N2O/c1-23(2)19-14-15-24(23,3)21-20(19)22(27)26(18-12-8-5-9-13-18)25(21)16-17-10-6-4-7-11-17/h4-13,19H,14-16H2,1-3H3. The molecule has 2 aliphatic carbocycles. The molecule has 2 unspecified atom stereocenters. The number of para-hydroxylation sites is 1. The van der Waals surface area contributed by atoms with Gasteiger partial charge in [-0.05, 0) is 41.9 Å². The van der Waals surface area contributed by atoms with Crippen molar-refractivity contribution in [2.45, 2.75) is 51.5 Å². The predicted molar refractivity (Wildman–Crippen MR) is 109 cm³/mol. The molecule has 0 N–H and O–H groups in total. The maximum Gasteiger partial charge on any atom is 0.275 e. The van der Waals surface area contributed by atoms with Gasteiger partial charge in [0, 0.05) is 11.0 Å². The first-order valence-electron chi connectivity index (χ1n) is 9.91. The average Bonchev–Trinajstić information content (AvgIpc) is 3.15. The van der Waals surface area contributed by atoms with Crippen LogP contribution in [0.15, 0.2) is 65.5 Å². The van der Waals surface area contributed by atoms with E-state index < -0.39 is 0 Å². The van der Waals surface area contributed by atoms with Gasteiger partial charge in [-0.2, -0.15) is 0 Å². The fraction of sp³-hybridized carbons (Fsp3) is 0.375. The molecule has 1 aromatic heterocycles. The Kier molecular flexibility index (Phi) is 3.37. The molecule has 2 bridgehead atoms. The van der Waals surface area contributed by atoms with E-state index in [0.717, 1.165) is 30.6 Å². The molecular weight excluding hydrogens is 332 g/mol. The van der Waals surface area contributed by atoms with E-state index in [1.807, 2.05) is 41.1 Å². The van der Waals surface area contributed by atoms with E-state index in [9.17, 15) is 4.79 Å². The van der Waals surface area contributed by atoms with E-state index in [4.69, 9.17) is 0 Å². The molecule has 0 radical (unpaired) electrons. The van der Waals surface area contributed by atoms with Crippen LogP contribution in [-0.4, -0.2) is 9.36 Å². The van der Waals surface area contributed by atoms with Crippen molar-refractivity contribution in [2.75, 3.05) is 0 Å². The zero-order valence-electron chi connectivity index (χ0n) is 16.3. The summed E-state index contributed by atoms with van der Waals surface area (Å²) in [6.07, 6.45) is 2.28. The molecule has 0 saturated heterocycles. The molecule has 1 heterocycles. The minimum Gasteiger partial charge on any atom is -0.277 e. The maximum atomic E-state index is 13.6. The predicted octanol–water partition coefficient (Wildman–Crippen LogP) is 4.86. The van der Waals surface area contributed by atoms with Gasteiger partial charge in [0.15, 0.2) is 0 Å². The third kappa shape index (κ3) is 2.06. The third-order valence-electron chi connectivity index (χ3n) is 7.45. The Balaban J connectivity index is 1.80. The molecule has 3 heteroatoms. The summed E-state index contributed by atoms with van der Waals surface area (Å²) in [6.45, 7) is 7.79. The highest BCUT2D eigenvalue weighted by Crippen LogP contribution is 2.67. The van der Waals surface area contributed by atoms with Gasteiger partial charge >= 0.3 is 0 Å². The smallest absolute Gasteiger partial charge is 0.275 e. The normalized spacial score (nSPS) is 24.9. The second-order valence-electron chi connectivity index (χ2n) is 8.90. The van der Waals surface area contributed by atoms with Gasteiger partial charge in [-0.1, -0.05) is 69.3 Å². The highest BCUT2D eigenvalue weighted by Gasteiger charge is 2.62. The summed E-state index contributed by atoms with van der Waals surface area (Å²) in [4.78, 5) is 13.6. The van der Waals surface area contributed by atoms with Gasteiger partial charge in [0.05, 0.1) is 17.9 Å². The van der Waals surface area contributed by atoms with Gasteiger partial charge in [-0.15, -0.1) is 0 Å². The van der Waals surface area contributed by atoms with Crippen LogP contribution in [0.3, 0.4) is 0 Å². The summed E-state index contributed by atoms with van der Waals surface area (Å²) in [6, 6.07) is 20.6. The van der Waals surface area contributed by atoms with Crippen LogP contribution in [0.25, 0.3) is 5.69 Å². The first-order valence-corrected chi connectivity index (χ1v) is 9.91. The van der Waals surface area contributed by atoms with Gasteiger partial charge in [0.1, 0.15) is 0 Å². The second kappa shape index (κ2) is 5.48. The number of nitrogens with zero attached hydrogens (tertiary/aromatic N) is 2. The van der Waals surface area contributed by atoms with Crippen LogP contribution >= 0.6 is 0 Å². The van der Waals surface area contributed by atoms with Gasteiger partial charge in [0.2, 0.25) is 0 Å². The molecule has 1 fully saturated rings. The number of hydrogen-bond donors (Lipinski definition) is 0. The highest BCUT2D eigenvalue weighted by atomic mass is 16.1. The van der Waals surface area contributed by atoms with Gasteiger partial charge in [0.25, 0.3) is 5.56 Å². The first-order chi connectivity index (χ1) is 12.9. The van der Waals surface area contributed by atoms with Gasteiger partial charge in [-0.3, -0.25) is 9.48 Å². The molecule has 3 aromatic rings. The van der Waals surface area contributed by atoms with Gasteiger partial charge in [-0.25, -0.2) is 4.68 Å². The zero-order chi connectivity index (χ0) is 18.8.